The Morgan fingerprint density at radius 2 is 1.80 bits per heavy atom. The van der Waals surface area contributed by atoms with Crippen molar-refractivity contribution in [3.63, 3.8) is 0 Å². The van der Waals surface area contributed by atoms with E-state index in [4.69, 9.17) is 5.11 Å². The van der Waals surface area contributed by atoms with Crippen LogP contribution in [0.5, 0.6) is 0 Å². The van der Waals surface area contributed by atoms with E-state index in [1.165, 1.54) is 0 Å². The second-order valence-electron chi connectivity index (χ2n) is 7.41. The fourth-order valence-corrected chi connectivity index (χ4v) is 3.74. The van der Waals surface area contributed by atoms with E-state index in [1.54, 1.807) is 6.08 Å². The molecule has 0 bridgehead atoms. The highest BCUT2D eigenvalue weighted by Gasteiger charge is 2.39. The van der Waals surface area contributed by atoms with Crippen molar-refractivity contribution in [1.29, 1.82) is 0 Å². The maximum atomic E-state index is 10.5. The molecule has 0 amide bonds. The number of rotatable bonds is 13. The summed E-state index contributed by atoms with van der Waals surface area (Å²) in [6.07, 6.45) is 11.0. The maximum Gasteiger partial charge on any atom is 0.303 e. The summed E-state index contributed by atoms with van der Waals surface area (Å²) in [5.41, 5.74) is 0. The lowest BCUT2D eigenvalue weighted by Crippen LogP contribution is -2.21. The lowest BCUT2D eigenvalue weighted by atomic mass is 9.88. The van der Waals surface area contributed by atoms with Crippen molar-refractivity contribution in [2.45, 2.75) is 95.9 Å². The van der Waals surface area contributed by atoms with E-state index < -0.39 is 24.3 Å². The fourth-order valence-electron chi connectivity index (χ4n) is 3.74. The lowest BCUT2D eigenvalue weighted by molar-refractivity contribution is -0.137. The molecule has 0 spiro atoms. The molecule has 1 aliphatic rings. The van der Waals surface area contributed by atoms with Crippen molar-refractivity contribution in [1.82, 2.24) is 0 Å². The summed E-state index contributed by atoms with van der Waals surface area (Å²) in [6.45, 7) is 2.13. The Bertz CT molecular complexity index is 396. The summed E-state index contributed by atoms with van der Waals surface area (Å²) in [7, 11) is 0. The van der Waals surface area contributed by atoms with Gasteiger partial charge in [0.05, 0.1) is 18.3 Å². The summed E-state index contributed by atoms with van der Waals surface area (Å²) in [5.74, 6) is -0.833. The molecular weight excluding hydrogens is 320 g/mol. The van der Waals surface area contributed by atoms with Crippen LogP contribution in [0, 0.1) is 11.8 Å². The number of aliphatic carboxylic acids is 1. The van der Waals surface area contributed by atoms with Crippen LogP contribution < -0.4 is 0 Å². The highest BCUT2D eigenvalue weighted by Crippen LogP contribution is 2.37. The summed E-state index contributed by atoms with van der Waals surface area (Å²) >= 11 is 0. The molecule has 1 rings (SSSR count). The molecule has 0 aromatic carbocycles. The summed E-state index contributed by atoms with van der Waals surface area (Å²) in [4.78, 5) is 10.5. The Balaban J connectivity index is 2.38. The summed E-state index contributed by atoms with van der Waals surface area (Å²) in [5, 5.41) is 39.0. The highest BCUT2D eigenvalue weighted by atomic mass is 16.4. The van der Waals surface area contributed by atoms with Gasteiger partial charge in [0.2, 0.25) is 0 Å². The van der Waals surface area contributed by atoms with Crippen molar-refractivity contribution in [3.8, 4) is 0 Å². The van der Waals surface area contributed by atoms with Gasteiger partial charge < -0.3 is 20.4 Å². The fraction of sp³-hybridized carbons (Fsp3) is 0.850. The molecule has 146 valence electrons. The first kappa shape index (κ1) is 22.1. The standard InChI is InChI=1S/C20H36O5/c1-2-3-6-9-15(21)12-13-17-16(18(22)14-19(17)23)10-7-4-5-8-11-20(24)25/h12-13,15-19,21-23H,2-11,14H2,1H3,(H,24,25)/t15?,16?,17-,18-,19?/m1/s1. The van der Waals surface area contributed by atoms with Crippen LogP contribution in [0.4, 0.5) is 0 Å². The Kier molecular flexibility index (Phi) is 11.0. The van der Waals surface area contributed by atoms with Crippen LogP contribution in [0.3, 0.4) is 0 Å². The maximum absolute atomic E-state index is 10.5. The number of carboxylic acids is 1. The SMILES string of the molecule is CCCCCC(O)C=C[C@H]1C(O)C[C@@H](O)C1CCCCCCC(=O)O. The summed E-state index contributed by atoms with van der Waals surface area (Å²) < 4.78 is 0. The van der Waals surface area contributed by atoms with Gasteiger partial charge in [-0.05, 0) is 25.2 Å². The van der Waals surface area contributed by atoms with Gasteiger partial charge in [-0.25, -0.2) is 0 Å². The van der Waals surface area contributed by atoms with Crippen molar-refractivity contribution < 1.29 is 25.2 Å². The van der Waals surface area contributed by atoms with Crippen LogP contribution in [-0.4, -0.2) is 44.7 Å². The van der Waals surface area contributed by atoms with Crippen molar-refractivity contribution in [3.05, 3.63) is 12.2 Å². The Morgan fingerprint density at radius 1 is 1.08 bits per heavy atom. The molecule has 3 unspecified atom stereocenters. The number of carboxylic acid groups (broad SMARTS) is 1. The third kappa shape index (κ3) is 8.84. The first-order valence-corrected chi connectivity index (χ1v) is 9.90. The van der Waals surface area contributed by atoms with Crippen molar-refractivity contribution in [2.75, 3.05) is 0 Å². The predicted molar refractivity (Wildman–Crippen MR) is 98.2 cm³/mol. The molecule has 1 saturated carbocycles. The van der Waals surface area contributed by atoms with Gasteiger partial charge in [-0.1, -0.05) is 57.6 Å². The molecule has 0 heterocycles. The topological polar surface area (TPSA) is 98.0 Å². The molecule has 5 heteroatoms. The molecule has 25 heavy (non-hydrogen) atoms. The molecule has 0 aliphatic heterocycles. The van der Waals surface area contributed by atoms with E-state index in [2.05, 4.69) is 6.92 Å². The minimum atomic E-state index is -0.753. The molecule has 1 fully saturated rings. The van der Waals surface area contributed by atoms with Crippen molar-refractivity contribution in [2.24, 2.45) is 11.8 Å². The van der Waals surface area contributed by atoms with Crippen LogP contribution in [0.1, 0.15) is 77.6 Å². The zero-order valence-electron chi connectivity index (χ0n) is 15.5. The molecule has 4 N–H and O–H groups in total. The molecule has 0 aromatic rings. The monoisotopic (exact) mass is 356 g/mol. The molecular formula is C20H36O5. The number of hydrogen-bond donors (Lipinski definition) is 4. The zero-order chi connectivity index (χ0) is 18.7. The molecule has 5 atom stereocenters. The van der Waals surface area contributed by atoms with Gasteiger partial charge in [-0.15, -0.1) is 0 Å². The molecule has 0 radical (unpaired) electrons. The first-order valence-electron chi connectivity index (χ1n) is 9.90. The van der Waals surface area contributed by atoms with Gasteiger partial charge in [-0.2, -0.15) is 0 Å². The van der Waals surface area contributed by atoms with E-state index in [0.717, 1.165) is 51.4 Å². The van der Waals surface area contributed by atoms with Gasteiger partial charge in [0.1, 0.15) is 0 Å². The largest absolute Gasteiger partial charge is 0.481 e. The second kappa shape index (κ2) is 12.4. The second-order valence-corrected chi connectivity index (χ2v) is 7.41. The average molecular weight is 357 g/mol. The van der Waals surface area contributed by atoms with E-state index >= 15 is 0 Å². The highest BCUT2D eigenvalue weighted by molar-refractivity contribution is 5.66. The van der Waals surface area contributed by atoms with Gasteiger partial charge in [-0.3, -0.25) is 4.79 Å². The summed E-state index contributed by atoms with van der Waals surface area (Å²) in [6, 6.07) is 0. The van der Waals surface area contributed by atoms with E-state index in [9.17, 15) is 20.1 Å². The minimum absolute atomic E-state index is 0.0218. The average Bonchev–Trinajstić information content (AvgIpc) is 2.82. The van der Waals surface area contributed by atoms with Gasteiger partial charge in [0.15, 0.2) is 0 Å². The van der Waals surface area contributed by atoms with E-state index in [-0.39, 0.29) is 18.3 Å². The number of aliphatic hydroxyl groups excluding tert-OH is 3. The van der Waals surface area contributed by atoms with Crippen LogP contribution in [0.2, 0.25) is 0 Å². The Hall–Kier alpha value is -0.910. The normalized spacial score (nSPS) is 27.8. The quantitative estimate of drug-likeness (QED) is 0.300. The number of unbranched alkanes of at least 4 members (excludes halogenated alkanes) is 5. The molecule has 1 aliphatic carbocycles. The minimum Gasteiger partial charge on any atom is -0.481 e. The molecule has 0 aromatic heterocycles. The van der Waals surface area contributed by atoms with E-state index in [0.29, 0.717) is 12.8 Å². The van der Waals surface area contributed by atoms with Crippen molar-refractivity contribution >= 4 is 5.97 Å². The third-order valence-corrected chi connectivity index (χ3v) is 5.25. The van der Waals surface area contributed by atoms with Gasteiger partial charge in [0.25, 0.3) is 0 Å². The Morgan fingerprint density at radius 3 is 2.48 bits per heavy atom. The van der Waals surface area contributed by atoms with Gasteiger partial charge in [0, 0.05) is 18.8 Å². The van der Waals surface area contributed by atoms with E-state index in [1.807, 2.05) is 6.08 Å². The van der Waals surface area contributed by atoms with Crippen LogP contribution in [0.15, 0.2) is 12.2 Å². The number of carbonyl (C=O) groups is 1. The Labute approximate surface area is 151 Å². The number of hydrogen-bond acceptors (Lipinski definition) is 4. The first-order chi connectivity index (χ1) is 12.0. The molecule has 5 nitrogen and oxygen atoms in total. The third-order valence-electron chi connectivity index (χ3n) is 5.25. The van der Waals surface area contributed by atoms with Gasteiger partial charge >= 0.3 is 5.97 Å². The number of aliphatic hydroxyl groups is 3. The zero-order valence-corrected chi connectivity index (χ0v) is 15.5. The lowest BCUT2D eigenvalue weighted by Gasteiger charge is -2.21. The predicted octanol–water partition coefficient (Wildman–Crippen LogP) is 3.27. The molecule has 0 saturated heterocycles. The van der Waals surface area contributed by atoms with Crippen LogP contribution in [0.25, 0.3) is 0 Å². The van der Waals surface area contributed by atoms with Crippen LogP contribution in [-0.2, 0) is 4.79 Å². The smallest absolute Gasteiger partial charge is 0.303 e. The van der Waals surface area contributed by atoms with Crippen LogP contribution >= 0.6 is 0 Å².